The number of ether oxygens (including phenoxy) is 1. The van der Waals surface area contributed by atoms with E-state index in [1.54, 1.807) is 6.08 Å². The van der Waals surface area contributed by atoms with Gasteiger partial charge in [-0.2, -0.15) is 0 Å². The molecule has 0 aromatic rings. The van der Waals surface area contributed by atoms with Crippen molar-refractivity contribution in [3.05, 3.63) is 11.6 Å². The monoisotopic (exact) mass is 364 g/mol. The molecule has 1 N–H and O–H groups in total. The number of hydrogen-bond acceptors (Lipinski definition) is 4. The van der Waals surface area contributed by atoms with Crippen LogP contribution in [0.4, 0.5) is 0 Å². The van der Waals surface area contributed by atoms with E-state index < -0.39 is 11.4 Å². The first kappa shape index (κ1) is 20.7. The van der Waals surface area contributed by atoms with E-state index in [4.69, 9.17) is 4.74 Å². The Morgan fingerprint density at radius 1 is 1.27 bits per heavy atom. The topological polar surface area (TPSA) is 80.7 Å². The molecule has 0 heterocycles. The first-order valence-corrected chi connectivity index (χ1v) is 9.62. The number of carboxylic acids is 1. The maximum Gasteiger partial charge on any atom is 0.331 e. The lowest BCUT2D eigenvalue weighted by Crippen LogP contribution is -2.53. The summed E-state index contributed by atoms with van der Waals surface area (Å²) in [7, 11) is 1.42. The molecule has 2 rings (SSSR count). The number of carbonyl (C=O) groups is 3. The minimum atomic E-state index is -0.906. The van der Waals surface area contributed by atoms with Gasteiger partial charge in [0, 0.05) is 17.9 Å². The lowest BCUT2D eigenvalue weighted by Gasteiger charge is -2.56. The van der Waals surface area contributed by atoms with Gasteiger partial charge < -0.3 is 9.84 Å². The Hall–Kier alpha value is -1.65. The molecule has 0 saturated heterocycles. The Kier molecular flexibility index (Phi) is 5.99. The van der Waals surface area contributed by atoms with Crippen LogP contribution in [0, 0.1) is 28.6 Å². The number of methoxy groups -OCH3 is 1. The second-order valence-electron chi connectivity index (χ2n) is 8.73. The molecule has 146 valence electrons. The number of rotatable bonds is 6. The number of allylic oxidation sites excluding steroid dienone is 1. The molecule has 0 aromatic carbocycles. The summed E-state index contributed by atoms with van der Waals surface area (Å²) in [5.41, 5.74) is -0.516. The third-order valence-corrected chi connectivity index (χ3v) is 6.94. The van der Waals surface area contributed by atoms with Gasteiger partial charge in [-0.15, -0.1) is 0 Å². The van der Waals surface area contributed by atoms with Crippen LogP contribution in [0.5, 0.6) is 0 Å². The molecule has 0 amide bonds. The normalized spacial score (nSPS) is 34.0. The smallest absolute Gasteiger partial charge is 0.331 e. The highest BCUT2D eigenvalue weighted by molar-refractivity contribution is 5.88. The Balaban J connectivity index is 2.41. The van der Waals surface area contributed by atoms with Gasteiger partial charge >= 0.3 is 11.9 Å². The van der Waals surface area contributed by atoms with Crippen molar-refractivity contribution in [3.63, 3.8) is 0 Å². The lowest BCUT2D eigenvalue weighted by molar-refractivity contribution is -0.166. The molecule has 0 unspecified atom stereocenters. The number of aliphatic carboxylic acids is 1. The SMILES string of the molecule is COC(=O)[C@]1(C)CCC[C@@]2(C)[C@H]1CC=C(C(=O)O)[C@@H]2CCC(=O)C(C)C. The minimum absolute atomic E-state index is 0.0263. The van der Waals surface area contributed by atoms with Crippen LogP contribution in [0.15, 0.2) is 11.6 Å². The van der Waals surface area contributed by atoms with Crippen LogP contribution in [-0.2, 0) is 19.1 Å². The molecule has 2 aliphatic carbocycles. The van der Waals surface area contributed by atoms with Crippen molar-refractivity contribution in [2.45, 2.75) is 66.2 Å². The zero-order valence-electron chi connectivity index (χ0n) is 16.6. The average molecular weight is 364 g/mol. The maximum atomic E-state index is 12.5. The molecular weight excluding hydrogens is 332 g/mol. The second-order valence-corrected chi connectivity index (χ2v) is 8.73. The summed E-state index contributed by atoms with van der Waals surface area (Å²) in [4.78, 5) is 36.6. The molecule has 0 bridgehead atoms. The highest BCUT2D eigenvalue weighted by Crippen LogP contribution is 2.61. The molecule has 5 nitrogen and oxygen atoms in total. The third kappa shape index (κ3) is 3.45. The van der Waals surface area contributed by atoms with Gasteiger partial charge in [-0.05, 0) is 49.9 Å². The summed E-state index contributed by atoms with van der Waals surface area (Å²) in [5.74, 6) is -1.20. The number of carbonyl (C=O) groups excluding carboxylic acids is 2. The number of Topliss-reactive ketones (excluding diaryl/α,β-unsaturated/α-hetero) is 1. The van der Waals surface area contributed by atoms with Crippen LogP contribution >= 0.6 is 0 Å². The first-order valence-electron chi connectivity index (χ1n) is 9.62. The predicted octanol–water partition coefficient (Wildman–Crippen LogP) is 4.01. The van der Waals surface area contributed by atoms with Crippen molar-refractivity contribution < 1.29 is 24.2 Å². The fraction of sp³-hybridized carbons (Fsp3) is 0.762. The standard InChI is InChI=1S/C21H32O5/c1-13(2)16(22)9-8-15-14(18(23)24)7-10-17-20(15,3)11-6-12-21(17,4)19(25)26-5/h7,13,15,17H,6,8-12H2,1-5H3,(H,23,24)/t15-,17+,20+,21+/m0/s1. The summed E-state index contributed by atoms with van der Waals surface area (Å²) in [6.07, 6.45) is 5.75. The Morgan fingerprint density at radius 2 is 1.92 bits per heavy atom. The predicted molar refractivity (Wildman–Crippen MR) is 98.5 cm³/mol. The second kappa shape index (κ2) is 7.53. The molecule has 0 aromatic heterocycles. The van der Waals surface area contributed by atoms with E-state index in [-0.39, 0.29) is 34.9 Å². The molecule has 4 atom stereocenters. The van der Waals surface area contributed by atoms with Crippen LogP contribution in [0.2, 0.25) is 0 Å². The molecule has 0 radical (unpaired) electrons. The molecule has 0 aliphatic heterocycles. The average Bonchev–Trinajstić information content (AvgIpc) is 2.58. The Morgan fingerprint density at radius 3 is 2.46 bits per heavy atom. The largest absolute Gasteiger partial charge is 0.478 e. The molecule has 26 heavy (non-hydrogen) atoms. The van der Waals surface area contributed by atoms with E-state index in [9.17, 15) is 19.5 Å². The van der Waals surface area contributed by atoms with Crippen LogP contribution in [0.3, 0.4) is 0 Å². The highest BCUT2D eigenvalue weighted by Gasteiger charge is 2.58. The van der Waals surface area contributed by atoms with Crippen molar-refractivity contribution in [2.75, 3.05) is 7.11 Å². The molecule has 1 fully saturated rings. The van der Waals surface area contributed by atoms with Gasteiger partial charge in [-0.25, -0.2) is 4.79 Å². The van der Waals surface area contributed by atoms with Crippen LogP contribution in [0.1, 0.15) is 66.2 Å². The molecule has 1 saturated carbocycles. The number of esters is 1. The molecule has 0 spiro atoms. The minimum Gasteiger partial charge on any atom is -0.478 e. The maximum absolute atomic E-state index is 12.5. The fourth-order valence-electron chi connectivity index (χ4n) is 5.38. The van der Waals surface area contributed by atoms with Gasteiger partial charge in [-0.1, -0.05) is 33.3 Å². The summed E-state index contributed by atoms with van der Waals surface area (Å²) in [6, 6.07) is 0. The zero-order chi connectivity index (χ0) is 19.7. The van der Waals surface area contributed by atoms with E-state index in [1.165, 1.54) is 7.11 Å². The number of fused-ring (bicyclic) bond motifs is 1. The van der Waals surface area contributed by atoms with Crippen LogP contribution < -0.4 is 0 Å². The van der Waals surface area contributed by atoms with Gasteiger partial charge in [0.05, 0.1) is 12.5 Å². The van der Waals surface area contributed by atoms with E-state index in [0.717, 1.165) is 19.3 Å². The van der Waals surface area contributed by atoms with E-state index >= 15 is 0 Å². The van der Waals surface area contributed by atoms with Crippen molar-refractivity contribution in [3.8, 4) is 0 Å². The van der Waals surface area contributed by atoms with Crippen LogP contribution in [0.25, 0.3) is 0 Å². The van der Waals surface area contributed by atoms with Gasteiger partial charge in [-0.3, -0.25) is 9.59 Å². The van der Waals surface area contributed by atoms with Gasteiger partial charge in [0.2, 0.25) is 0 Å². The van der Waals surface area contributed by atoms with Gasteiger partial charge in [0.1, 0.15) is 5.78 Å². The van der Waals surface area contributed by atoms with E-state index in [2.05, 4.69) is 6.92 Å². The highest BCUT2D eigenvalue weighted by atomic mass is 16.5. The lowest BCUT2D eigenvalue weighted by atomic mass is 9.47. The summed E-state index contributed by atoms with van der Waals surface area (Å²) in [6.45, 7) is 7.81. The van der Waals surface area contributed by atoms with Crippen molar-refractivity contribution in [2.24, 2.45) is 28.6 Å². The summed E-state index contributed by atoms with van der Waals surface area (Å²) in [5, 5.41) is 9.73. The van der Waals surface area contributed by atoms with Crippen molar-refractivity contribution >= 4 is 17.7 Å². The number of hydrogen-bond donors (Lipinski definition) is 1. The molecular formula is C21H32O5. The summed E-state index contributed by atoms with van der Waals surface area (Å²) >= 11 is 0. The Bertz CT molecular complexity index is 620. The van der Waals surface area contributed by atoms with Crippen LogP contribution in [-0.4, -0.2) is 29.9 Å². The molecule has 2 aliphatic rings. The molecule has 5 heteroatoms. The van der Waals surface area contributed by atoms with E-state index in [0.29, 0.717) is 24.8 Å². The Labute approximate surface area is 156 Å². The number of carboxylic acid groups (broad SMARTS) is 1. The quantitative estimate of drug-likeness (QED) is 0.720. The number of ketones is 1. The van der Waals surface area contributed by atoms with E-state index in [1.807, 2.05) is 20.8 Å². The van der Waals surface area contributed by atoms with Gasteiger partial charge in [0.15, 0.2) is 0 Å². The van der Waals surface area contributed by atoms with Crippen molar-refractivity contribution in [1.29, 1.82) is 0 Å². The fourth-order valence-corrected chi connectivity index (χ4v) is 5.38. The van der Waals surface area contributed by atoms with Gasteiger partial charge in [0.25, 0.3) is 0 Å². The third-order valence-electron chi connectivity index (χ3n) is 6.94. The summed E-state index contributed by atoms with van der Waals surface area (Å²) < 4.78 is 5.10. The van der Waals surface area contributed by atoms with Crippen molar-refractivity contribution in [1.82, 2.24) is 0 Å². The first-order chi connectivity index (χ1) is 12.1. The zero-order valence-corrected chi connectivity index (χ0v) is 16.6.